The third-order valence-electron chi connectivity index (χ3n) is 17.4. The van der Waals surface area contributed by atoms with Gasteiger partial charge in [-0.3, -0.25) is 52.7 Å². The summed E-state index contributed by atoms with van der Waals surface area (Å²) in [6, 6.07) is -12.6. The van der Waals surface area contributed by atoms with Crippen LogP contribution in [0, 0.1) is 35.5 Å². The topological polar surface area (TPSA) is 291 Å². The first-order chi connectivity index (χ1) is 42.4. The molecule has 92 heavy (non-hydrogen) atoms. The largest absolute Gasteiger partial charge is 0.390 e. The van der Waals surface area contributed by atoms with Gasteiger partial charge in [0.1, 0.15) is 60.4 Å². The number of rotatable bonds is 17. The molecule has 0 bridgehead atoms. The summed E-state index contributed by atoms with van der Waals surface area (Å²) in [5, 5.41) is 21.2. The van der Waals surface area contributed by atoms with Gasteiger partial charge in [-0.25, -0.2) is 0 Å². The van der Waals surface area contributed by atoms with Crippen molar-refractivity contribution in [1.82, 2.24) is 60.5 Å². The summed E-state index contributed by atoms with van der Waals surface area (Å²) < 4.78 is 6.46. The highest BCUT2D eigenvalue weighted by Crippen LogP contribution is 2.33. The molecular formula is C66H118N12O13S. The first kappa shape index (κ1) is 82.2. The predicted octanol–water partition coefficient (Wildman–Crippen LogP) is 3.02. The smallest absolute Gasteiger partial charge is 0.256 e. The first-order valence-electron chi connectivity index (χ1n) is 32.7. The van der Waals surface area contributed by atoms with Crippen LogP contribution in [0.25, 0.3) is 0 Å². The number of nitrogens with one attached hydrogen (secondary N) is 4. The Morgan fingerprint density at radius 3 is 1.49 bits per heavy atom. The lowest BCUT2D eigenvalue weighted by molar-refractivity contribution is -0.157. The molecule has 0 saturated carbocycles. The fourth-order valence-corrected chi connectivity index (χ4v) is 13.2. The van der Waals surface area contributed by atoms with Gasteiger partial charge in [-0.05, 0) is 109 Å². The Morgan fingerprint density at radius 2 is 1.03 bits per heavy atom. The standard InChI is InChI=1S/C66H118N12O13S/c1-27-44-34-41(13)53(91-44)52-57(82)69-45(28-2)59(84)78(26)65(92-30-29-71(18)19)64(89)75(23)49(35-66(16,17)90)56(81)70-50(39(9)10)62(87)72(20)46(31-36(3)4)55(80)67-42(14)54(79)68-43(15)58(83)73(21)47(32-37(5)6)60(85)74(22)48(33-38(7)8)61(86)76(24)51(40(11)12)63(88)77(52)25/h27,36-53,65,90H,1,28-35H2,2-26H3,(H,67,80)(H,68,79)(H,69,82)(H,70,81)/t41-,42+,43-,44?,45+,46+,47+,48+,49+,50+,51+,52+,53-,65-/m1/s1. The molecule has 26 heteroatoms. The zero-order valence-electron chi connectivity index (χ0n) is 60.2. The number of nitrogens with zero attached hydrogens (tertiary/aromatic N) is 8. The minimum Gasteiger partial charge on any atom is -0.390 e. The van der Waals surface area contributed by atoms with Crippen LogP contribution in [-0.4, -0.2) is 269 Å². The van der Waals surface area contributed by atoms with Crippen molar-refractivity contribution in [1.29, 1.82) is 0 Å². The van der Waals surface area contributed by atoms with Crippen LogP contribution in [0.1, 0.15) is 149 Å². The van der Waals surface area contributed by atoms with Crippen molar-refractivity contribution >= 4 is 76.7 Å². The summed E-state index contributed by atoms with van der Waals surface area (Å²) in [5.74, 6) is -9.20. The molecule has 2 aliphatic heterocycles. The number of carbonyl (C=O) groups is 11. The number of hydrogen-bond donors (Lipinski definition) is 5. The Hall–Kier alpha value is -5.86. The van der Waals surface area contributed by atoms with Crippen molar-refractivity contribution < 1.29 is 62.6 Å². The molecule has 2 fully saturated rings. The molecule has 526 valence electrons. The highest BCUT2D eigenvalue weighted by atomic mass is 32.2. The van der Waals surface area contributed by atoms with Gasteiger partial charge >= 0.3 is 0 Å². The summed E-state index contributed by atoms with van der Waals surface area (Å²) in [6.45, 7) is 31.9. The van der Waals surface area contributed by atoms with Crippen LogP contribution in [-0.2, 0) is 57.5 Å². The number of likely N-dealkylation sites (N-methyl/N-ethyl adjacent to an activating group) is 7. The second-order valence-electron chi connectivity index (χ2n) is 28.5. The van der Waals surface area contributed by atoms with E-state index >= 15 is 28.8 Å². The minimum absolute atomic E-state index is 0.0155. The van der Waals surface area contributed by atoms with Crippen LogP contribution >= 0.6 is 11.8 Å². The van der Waals surface area contributed by atoms with Crippen molar-refractivity contribution in [3.05, 3.63) is 12.7 Å². The fraction of sp³-hybridized carbons (Fsp3) is 0.803. The van der Waals surface area contributed by atoms with E-state index in [1.807, 2.05) is 67.5 Å². The Kier molecular flexibility index (Phi) is 32.3. The third kappa shape index (κ3) is 22.4. The van der Waals surface area contributed by atoms with Crippen LogP contribution in [0.3, 0.4) is 0 Å². The van der Waals surface area contributed by atoms with Gasteiger partial charge in [0.2, 0.25) is 59.1 Å². The number of thioether (sulfide) groups is 1. The van der Waals surface area contributed by atoms with E-state index in [2.05, 4.69) is 27.8 Å². The molecule has 2 saturated heterocycles. The highest BCUT2D eigenvalue weighted by Gasteiger charge is 2.49. The van der Waals surface area contributed by atoms with E-state index in [1.165, 1.54) is 106 Å². The number of carbonyl (C=O) groups excluding carboxylic acids is 11. The molecule has 0 aromatic rings. The quantitative estimate of drug-likeness (QED) is 0.131. The van der Waals surface area contributed by atoms with Gasteiger partial charge in [-0.1, -0.05) is 89.2 Å². The molecule has 0 radical (unpaired) electrons. The van der Waals surface area contributed by atoms with Gasteiger partial charge in [0.25, 0.3) is 5.91 Å². The van der Waals surface area contributed by atoms with Crippen molar-refractivity contribution in [3.8, 4) is 0 Å². The molecule has 1 unspecified atom stereocenters. The summed E-state index contributed by atoms with van der Waals surface area (Å²) in [5.41, 5.74) is -1.57. The van der Waals surface area contributed by atoms with Crippen LogP contribution < -0.4 is 21.3 Å². The molecule has 2 rings (SSSR count). The average Bonchev–Trinajstić information content (AvgIpc) is 1.39. The molecule has 5 N–H and O–H groups in total. The Morgan fingerprint density at radius 1 is 0.565 bits per heavy atom. The van der Waals surface area contributed by atoms with E-state index in [0.29, 0.717) is 18.7 Å². The number of hydrogen-bond acceptors (Lipinski definition) is 15. The Balaban J connectivity index is 3.11. The molecule has 2 aliphatic rings. The lowest BCUT2D eigenvalue weighted by Crippen LogP contribution is -2.63. The molecule has 0 aromatic carbocycles. The maximum Gasteiger partial charge on any atom is 0.256 e. The van der Waals surface area contributed by atoms with Gasteiger partial charge in [0.05, 0.1) is 17.8 Å². The molecule has 0 spiro atoms. The molecule has 11 amide bonds. The number of ether oxygens (including phenoxy) is 1. The van der Waals surface area contributed by atoms with Gasteiger partial charge in [0.15, 0.2) is 5.37 Å². The molecule has 25 nitrogen and oxygen atoms in total. The monoisotopic (exact) mass is 1320 g/mol. The van der Waals surface area contributed by atoms with E-state index in [1.54, 1.807) is 40.7 Å². The van der Waals surface area contributed by atoms with Crippen molar-refractivity contribution in [2.24, 2.45) is 35.5 Å². The average molecular weight is 1320 g/mol. The Bertz CT molecular complexity index is 2560. The first-order valence-corrected chi connectivity index (χ1v) is 33.8. The zero-order valence-corrected chi connectivity index (χ0v) is 61.1. The second-order valence-corrected chi connectivity index (χ2v) is 29.7. The normalized spacial score (nSPS) is 29.2. The number of aliphatic hydroxyl groups is 1. The van der Waals surface area contributed by atoms with Crippen LogP contribution in [0.5, 0.6) is 0 Å². The van der Waals surface area contributed by atoms with Gasteiger partial charge in [0, 0.05) is 68.1 Å². The molecular weight excluding hydrogens is 1200 g/mol. The maximum absolute atomic E-state index is 15.4. The van der Waals surface area contributed by atoms with Crippen molar-refractivity contribution in [2.75, 3.05) is 75.7 Å². The predicted molar refractivity (Wildman–Crippen MR) is 358 cm³/mol. The van der Waals surface area contributed by atoms with E-state index in [4.69, 9.17) is 4.74 Å². The van der Waals surface area contributed by atoms with E-state index in [0.717, 1.165) is 16.7 Å². The summed E-state index contributed by atoms with van der Waals surface area (Å²) in [7, 11) is 13.7. The van der Waals surface area contributed by atoms with E-state index in [9.17, 15) is 29.1 Å². The van der Waals surface area contributed by atoms with E-state index < -0.39 is 160 Å². The highest BCUT2D eigenvalue weighted by molar-refractivity contribution is 8.00. The summed E-state index contributed by atoms with van der Waals surface area (Å²) in [6.07, 6.45) is 0.738. The van der Waals surface area contributed by atoms with Crippen molar-refractivity contribution in [2.45, 2.75) is 233 Å². The summed E-state index contributed by atoms with van der Waals surface area (Å²) >= 11 is 1.12. The zero-order chi connectivity index (χ0) is 71.0. The minimum atomic E-state index is -1.57. The lowest BCUT2D eigenvalue weighted by atomic mass is 9.92. The van der Waals surface area contributed by atoms with Crippen LogP contribution in [0.15, 0.2) is 12.7 Å². The second kappa shape index (κ2) is 36.1. The van der Waals surface area contributed by atoms with Crippen LogP contribution in [0.2, 0.25) is 0 Å². The SMILES string of the molecule is C=CC1C[C@@H](C)[C@H]([C@H]2C(=O)N[C@@H](CC)C(=O)N(C)[C@H](SCCN(C)C)C(=O)N(C)[C@@H](CC(C)(C)O)C(=O)N[C@@H](C(C)C)C(=O)N(C)[C@@H](CC(C)C)C(=O)N[C@@H](C)C(=O)N[C@H](C)C(=O)N(C)[C@@H](CC(C)C)C(=O)N(C)[C@@H](CC(C)C)C(=O)N(C)[C@@H](C(C)C)C(=O)N2C)O1. The maximum atomic E-state index is 15.4. The third-order valence-corrected chi connectivity index (χ3v) is 18.7. The lowest BCUT2D eigenvalue weighted by Gasteiger charge is -2.41. The van der Waals surface area contributed by atoms with E-state index in [-0.39, 0.29) is 55.8 Å². The van der Waals surface area contributed by atoms with Crippen molar-refractivity contribution in [3.63, 3.8) is 0 Å². The summed E-state index contributed by atoms with van der Waals surface area (Å²) in [4.78, 5) is 175. The van der Waals surface area contributed by atoms with Gasteiger partial charge < -0.3 is 70.3 Å². The Labute approximate surface area is 554 Å². The molecule has 0 aliphatic carbocycles. The van der Waals surface area contributed by atoms with Crippen LogP contribution in [0.4, 0.5) is 0 Å². The number of amides is 11. The fourth-order valence-electron chi connectivity index (χ4n) is 11.8. The van der Waals surface area contributed by atoms with Gasteiger partial charge in [-0.2, -0.15) is 0 Å². The van der Waals surface area contributed by atoms with Gasteiger partial charge in [-0.15, -0.1) is 18.3 Å². The molecule has 14 atom stereocenters. The molecule has 0 aromatic heterocycles. The molecule has 2 heterocycles.